The van der Waals surface area contributed by atoms with Gasteiger partial charge in [-0.25, -0.2) is 4.98 Å². The molecule has 0 saturated heterocycles. The first-order chi connectivity index (χ1) is 10.6. The van der Waals surface area contributed by atoms with E-state index < -0.39 is 0 Å². The minimum Gasteiger partial charge on any atom is -0.268 e. The second kappa shape index (κ2) is 4.99. The normalized spacial score (nSPS) is 11.4. The smallest absolute Gasteiger partial charge is 0.146 e. The van der Waals surface area contributed by atoms with Gasteiger partial charge in [0.15, 0.2) is 0 Å². The fraction of sp³-hybridized carbons (Fsp3) is 0.143. The monoisotopic (exact) mass is 374 g/mol. The van der Waals surface area contributed by atoms with Crippen molar-refractivity contribution >= 4 is 37.7 Å². The van der Waals surface area contributed by atoms with E-state index in [9.17, 15) is 0 Å². The molecule has 0 spiro atoms. The number of pyridine rings is 1. The van der Waals surface area contributed by atoms with Crippen LogP contribution in [-0.2, 0) is 14.1 Å². The molecule has 22 heavy (non-hydrogen) atoms. The number of aryl methyl sites for hydroxylation is 2. The van der Waals surface area contributed by atoms with Crippen LogP contribution in [0.3, 0.4) is 0 Å². The highest BCUT2D eigenvalue weighted by atomic mass is 79.9. The van der Waals surface area contributed by atoms with E-state index in [1.807, 2.05) is 35.6 Å². The molecule has 0 radical (unpaired) electrons. The summed E-state index contributed by atoms with van der Waals surface area (Å²) in [6.07, 6.45) is 3.56. The third-order valence-corrected chi connectivity index (χ3v) is 5.22. The van der Waals surface area contributed by atoms with Crippen LogP contribution >= 0.6 is 27.5 Å². The Morgan fingerprint density at radius 2 is 1.73 bits per heavy atom. The third kappa shape index (κ3) is 1.98. The van der Waals surface area contributed by atoms with Crippen LogP contribution in [0.5, 0.6) is 0 Å². The highest BCUT2D eigenvalue weighted by molar-refractivity contribution is 9.10. The first kappa shape index (κ1) is 13.6. The largest absolute Gasteiger partial charge is 0.268 e. The molecule has 0 N–H and O–H groups in total. The molecule has 0 bridgehead atoms. The molecule has 4 rings (SSSR count). The van der Waals surface area contributed by atoms with Gasteiger partial charge in [-0.2, -0.15) is 14.6 Å². The number of hydrogen-bond donors (Lipinski definition) is 0. The van der Waals surface area contributed by atoms with E-state index in [4.69, 9.17) is 4.98 Å². The van der Waals surface area contributed by atoms with Crippen LogP contribution in [-0.4, -0.2) is 28.9 Å². The Hall–Kier alpha value is -2.06. The topological polar surface area (TPSA) is 61.4 Å². The molecule has 0 aliphatic heterocycles. The highest BCUT2D eigenvalue weighted by Crippen LogP contribution is 2.36. The molecule has 0 saturated carbocycles. The van der Waals surface area contributed by atoms with Gasteiger partial charge in [0.1, 0.15) is 10.1 Å². The number of rotatable bonds is 2. The number of aromatic nitrogens is 6. The van der Waals surface area contributed by atoms with Crippen LogP contribution in [0.25, 0.3) is 32.9 Å². The average Bonchev–Trinajstić information content (AvgIpc) is 3.20. The van der Waals surface area contributed by atoms with Gasteiger partial charge in [0.2, 0.25) is 0 Å². The van der Waals surface area contributed by atoms with Crippen molar-refractivity contribution < 1.29 is 0 Å². The molecule has 0 unspecified atom stereocenters. The Morgan fingerprint density at radius 3 is 2.36 bits per heavy atom. The Bertz CT molecular complexity index is 982. The zero-order chi connectivity index (χ0) is 15.3. The van der Waals surface area contributed by atoms with Crippen LogP contribution < -0.4 is 0 Å². The van der Waals surface area contributed by atoms with Gasteiger partial charge in [0.05, 0.1) is 21.8 Å². The molecule has 110 valence electrons. The Balaban J connectivity index is 2.07. The van der Waals surface area contributed by atoms with Crippen molar-refractivity contribution in [2.45, 2.75) is 0 Å². The minimum absolute atomic E-state index is 0.764. The Labute approximate surface area is 138 Å². The number of fused-ring (bicyclic) bond motifs is 1. The lowest BCUT2D eigenvalue weighted by atomic mass is 10.1. The molecule has 6 nitrogen and oxygen atoms in total. The summed E-state index contributed by atoms with van der Waals surface area (Å²) < 4.78 is 9.86. The highest BCUT2D eigenvalue weighted by Gasteiger charge is 2.17. The van der Waals surface area contributed by atoms with E-state index in [-0.39, 0.29) is 0 Å². The molecule has 0 aliphatic carbocycles. The summed E-state index contributed by atoms with van der Waals surface area (Å²) in [5.74, 6) is 0. The zero-order valence-corrected chi connectivity index (χ0v) is 14.3. The fourth-order valence-corrected chi connectivity index (χ4v) is 3.86. The summed E-state index contributed by atoms with van der Waals surface area (Å²) in [5, 5.41) is 8.50. The van der Waals surface area contributed by atoms with Crippen LogP contribution in [0.15, 0.2) is 35.2 Å². The van der Waals surface area contributed by atoms with Crippen LogP contribution in [0.2, 0.25) is 0 Å². The predicted molar refractivity (Wildman–Crippen MR) is 89.5 cm³/mol. The summed E-state index contributed by atoms with van der Waals surface area (Å²) in [6.45, 7) is 0. The van der Waals surface area contributed by atoms with Gasteiger partial charge in [-0.3, -0.25) is 9.36 Å². The summed E-state index contributed by atoms with van der Waals surface area (Å²) in [4.78, 5) is 4.75. The summed E-state index contributed by atoms with van der Waals surface area (Å²) in [6, 6.07) is 6.02. The number of halogens is 1. The van der Waals surface area contributed by atoms with Gasteiger partial charge in [-0.1, -0.05) is 0 Å². The maximum absolute atomic E-state index is 4.75. The lowest BCUT2D eigenvalue weighted by molar-refractivity contribution is 0.772. The first-order valence-corrected chi connectivity index (χ1v) is 8.14. The quantitative estimate of drug-likeness (QED) is 0.540. The summed E-state index contributed by atoms with van der Waals surface area (Å²) >= 11 is 4.93. The lowest BCUT2D eigenvalue weighted by Crippen LogP contribution is -1.98. The molecule has 0 aromatic carbocycles. The van der Waals surface area contributed by atoms with Crippen molar-refractivity contribution in [1.29, 1.82) is 0 Å². The van der Waals surface area contributed by atoms with E-state index in [0.29, 0.717) is 0 Å². The molecular formula is C14H11BrN6S. The third-order valence-electron chi connectivity index (χ3n) is 3.57. The minimum atomic E-state index is 0.764. The van der Waals surface area contributed by atoms with Crippen molar-refractivity contribution in [2.24, 2.45) is 14.1 Å². The standard InChI is InChI=1S/C14H11BrN6S/c1-20-10(3-5-16-20)8-7-9(11-4-6-17-21(11)2)18-12-13(8)22-19-14(12)15/h3-7H,1-2H3. The van der Waals surface area contributed by atoms with Crippen molar-refractivity contribution in [3.05, 3.63) is 35.2 Å². The first-order valence-electron chi connectivity index (χ1n) is 6.58. The SMILES string of the molecule is Cn1nccc1-c1cc(-c2ccnn2C)c2snc(Br)c2n1. The maximum atomic E-state index is 4.75. The maximum Gasteiger partial charge on any atom is 0.146 e. The van der Waals surface area contributed by atoms with Crippen LogP contribution in [0.4, 0.5) is 0 Å². The van der Waals surface area contributed by atoms with Gasteiger partial charge < -0.3 is 0 Å². The van der Waals surface area contributed by atoms with Crippen molar-refractivity contribution in [1.82, 2.24) is 28.9 Å². The van der Waals surface area contributed by atoms with E-state index in [1.54, 1.807) is 12.4 Å². The molecule has 4 aromatic rings. The van der Waals surface area contributed by atoms with E-state index in [1.165, 1.54) is 11.5 Å². The molecule has 8 heteroatoms. The van der Waals surface area contributed by atoms with E-state index in [2.05, 4.69) is 36.6 Å². The number of hydrogen-bond acceptors (Lipinski definition) is 5. The van der Waals surface area contributed by atoms with Crippen molar-refractivity contribution in [2.75, 3.05) is 0 Å². The van der Waals surface area contributed by atoms with Gasteiger partial charge in [-0.05, 0) is 45.7 Å². The van der Waals surface area contributed by atoms with Gasteiger partial charge in [-0.15, -0.1) is 0 Å². The van der Waals surface area contributed by atoms with Crippen LogP contribution in [0, 0.1) is 0 Å². The van der Waals surface area contributed by atoms with Gasteiger partial charge >= 0.3 is 0 Å². The van der Waals surface area contributed by atoms with E-state index >= 15 is 0 Å². The van der Waals surface area contributed by atoms with Crippen LogP contribution in [0.1, 0.15) is 0 Å². The molecule has 4 heterocycles. The lowest BCUT2D eigenvalue weighted by Gasteiger charge is -2.07. The number of nitrogens with zero attached hydrogens (tertiary/aromatic N) is 6. The molecule has 4 aromatic heterocycles. The Kier molecular flexibility index (Phi) is 3.08. The second-order valence-electron chi connectivity index (χ2n) is 4.89. The van der Waals surface area contributed by atoms with Crippen molar-refractivity contribution in [3.8, 4) is 22.6 Å². The Morgan fingerprint density at radius 1 is 1.05 bits per heavy atom. The molecule has 0 aliphatic rings. The molecule has 0 fully saturated rings. The molecule has 0 atom stereocenters. The molecule has 0 amide bonds. The zero-order valence-electron chi connectivity index (χ0n) is 11.9. The summed E-state index contributed by atoms with van der Waals surface area (Å²) in [5.41, 5.74) is 4.80. The summed E-state index contributed by atoms with van der Waals surface area (Å²) in [7, 11) is 3.84. The van der Waals surface area contributed by atoms with E-state index in [0.717, 1.165) is 37.5 Å². The average molecular weight is 375 g/mol. The van der Waals surface area contributed by atoms with Gasteiger partial charge in [0.25, 0.3) is 0 Å². The second-order valence-corrected chi connectivity index (χ2v) is 6.41. The fourth-order valence-electron chi connectivity index (χ4n) is 2.48. The molecular weight excluding hydrogens is 364 g/mol. The van der Waals surface area contributed by atoms with Crippen molar-refractivity contribution in [3.63, 3.8) is 0 Å². The predicted octanol–water partition coefficient (Wildman–Crippen LogP) is 3.25. The van der Waals surface area contributed by atoms with Gasteiger partial charge in [0, 0.05) is 32.1 Å².